The van der Waals surface area contributed by atoms with E-state index in [2.05, 4.69) is 15.9 Å². The monoisotopic (exact) mass is 86.0 g/mol. The summed E-state index contributed by atoms with van der Waals surface area (Å²) in [5, 5.41) is 0. The van der Waals surface area contributed by atoms with Gasteiger partial charge in [-0.1, -0.05) is 5.59 Å². The van der Waals surface area contributed by atoms with Crippen molar-refractivity contribution in [2.45, 2.75) is 6.92 Å². The molecule has 0 radical (unpaired) electrons. The maximum atomic E-state index is 4.65. The summed E-state index contributed by atoms with van der Waals surface area (Å²) in [6.07, 6.45) is 1.74. The van der Waals surface area contributed by atoms with Gasteiger partial charge < -0.3 is 4.84 Å². The number of hydrazine groups is 1. The molecule has 0 saturated carbocycles. The number of allylic oxidation sites excluding steroid dienone is 1. The van der Waals surface area contributed by atoms with Crippen molar-refractivity contribution in [1.82, 2.24) is 11.0 Å². The minimum Gasteiger partial charge on any atom is -0.392 e. The van der Waals surface area contributed by atoms with E-state index < -0.39 is 0 Å². The molecule has 0 bridgehead atoms. The molecule has 6 heavy (non-hydrogen) atoms. The van der Waals surface area contributed by atoms with Crippen LogP contribution in [0.4, 0.5) is 0 Å². The zero-order valence-corrected chi connectivity index (χ0v) is 3.49. The third kappa shape index (κ3) is 0.440. The standard InChI is InChI=1S/C3H6N2O/c1-3-2-4-5-6-3/h2,4-5H,1H3. The highest BCUT2D eigenvalue weighted by Crippen LogP contribution is 1.91. The summed E-state index contributed by atoms with van der Waals surface area (Å²) < 4.78 is 0. The van der Waals surface area contributed by atoms with Crippen LogP contribution in [-0.2, 0) is 4.84 Å². The summed E-state index contributed by atoms with van der Waals surface area (Å²) in [5.74, 6) is 0.856. The van der Waals surface area contributed by atoms with Gasteiger partial charge in [0.1, 0.15) is 5.76 Å². The van der Waals surface area contributed by atoms with Gasteiger partial charge >= 0.3 is 0 Å². The van der Waals surface area contributed by atoms with E-state index in [1.54, 1.807) is 6.20 Å². The predicted molar refractivity (Wildman–Crippen MR) is 21.1 cm³/mol. The molecule has 0 spiro atoms. The van der Waals surface area contributed by atoms with Gasteiger partial charge in [0.25, 0.3) is 0 Å². The maximum absolute atomic E-state index is 4.65. The molecule has 1 aliphatic heterocycles. The second-order valence-corrected chi connectivity index (χ2v) is 1.10. The Bertz CT molecular complexity index is 78.9. The predicted octanol–water partition coefficient (Wildman–Crippen LogP) is -0.113. The van der Waals surface area contributed by atoms with E-state index in [9.17, 15) is 0 Å². The smallest absolute Gasteiger partial charge is 0.140 e. The van der Waals surface area contributed by atoms with Gasteiger partial charge in [-0.15, -0.1) is 0 Å². The molecule has 3 heteroatoms. The number of hydrogen-bond acceptors (Lipinski definition) is 3. The molecule has 2 N–H and O–H groups in total. The topological polar surface area (TPSA) is 33.3 Å². The zero-order valence-electron chi connectivity index (χ0n) is 3.49. The minimum atomic E-state index is 0.856. The summed E-state index contributed by atoms with van der Waals surface area (Å²) >= 11 is 0. The fraction of sp³-hybridized carbons (Fsp3) is 0.333. The van der Waals surface area contributed by atoms with Gasteiger partial charge in [0, 0.05) is 0 Å². The summed E-state index contributed by atoms with van der Waals surface area (Å²) in [5.41, 5.74) is 5.07. The molecule has 0 saturated heterocycles. The molecule has 34 valence electrons. The van der Waals surface area contributed by atoms with Crippen LogP contribution in [0.25, 0.3) is 0 Å². The van der Waals surface area contributed by atoms with Crippen molar-refractivity contribution < 1.29 is 4.84 Å². The van der Waals surface area contributed by atoms with Crippen molar-refractivity contribution in [3.8, 4) is 0 Å². The average molecular weight is 86.1 g/mol. The van der Waals surface area contributed by atoms with Crippen LogP contribution < -0.4 is 11.0 Å². The zero-order chi connectivity index (χ0) is 4.41. The second kappa shape index (κ2) is 1.18. The fourth-order valence-electron chi connectivity index (χ4n) is 0.271. The van der Waals surface area contributed by atoms with Crippen LogP contribution in [0.1, 0.15) is 6.92 Å². The first kappa shape index (κ1) is 3.49. The lowest BCUT2D eigenvalue weighted by Crippen LogP contribution is -2.18. The Morgan fingerprint density at radius 2 is 2.67 bits per heavy atom. The largest absolute Gasteiger partial charge is 0.392 e. The Morgan fingerprint density at radius 3 is 2.83 bits per heavy atom. The molecule has 0 aliphatic carbocycles. The molecular weight excluding hydrogens is 80.0 g/mol. The van der Waals surface area contributed by atoms with Gasteiger partial charge in [-0.05, 0) is 6.92 Å². The van der Waals surface area contributed by atoms with E-state index in [0.717, 1.165) is 5.76 Å². The quantitative estimate of drug-likeness (QED) is 0.431. The van der Waals surface area contributed by atoms with Crippen molar-refractivity contribution in [3.05, 3.63) is 12.0 Å². The molecule has 0 atom stereocenters. The van der Waals surface area contributed by atoms with Crippen molar-refractivity contribution in [1.29, 1.82) is 0 Å². The van der Waals surface area contributed by atoms with Crippen molar-refractivity contribution in [2.75, 3.05) is 0 Å². The van der Waals surface area contributed by atoms with Gasteiger partial charge in [0.2, 0.25) is 0 Å². The molecular formula is C3H6N2O. The minimum absolute atomic E-state index is 0.856. The van der Waals surface area contributed by atoms with E-state index in [1.165, 1.54) is 0 Å². The lowest BCUT2D eigenvalue weighted by Gasteiger charge is -1.89. The lowest BCUT2D eigenvalue weighted by molar-refractivity contribution is 0.113. The summed E-state index contributed by atoms with van der Waals surface area (Å²) in [7, 11) is 0. The Hall–Kier alpha value is -0.700. The van der Waals surface area contributed by atoms with E-state index >= 15 is 0 Å². The SMILES string of the molecule is CC1=CNNO1. The van der Waals surface area contributed by atoms with Crippen LogP contribution in [0.2, 0.25) is 0 Å². The highest BCUT2D eigenvalue weighted by Gasteiger charge is 1.92. The van der Waals surface area contributed by atoms with Crippen LogP contribution in [0, 0.1) is 0 Å². The third-order valence-electron chi connectivity index (χ3n) is 0.546. The van der Waals surface area contributed by atoms with E-state index in [0.29, 0.717) is 0 Å². The Labute approximate surface area is 35.9 Å². The molecule has 0 aromatic carbocycles. The molecule has 0 aromatic heterocycles. The van der Waals surface area contributed by atoms with Gasteiger partial charge in [-0.25, -0.2) is 0 Å². The molecule has 3 nitrogen and oxygen atoms in total. The second-order valence-electron chi connectivity index (χ2n) is 1.10. The van der Waals surface area contributed by atoms with E-state index in [1.807, 2.05) is 6.92 Å². The highest BCUT2D eigenvalue weighted by atomic mass is 16.7. The molecule has 0 aromatic rings. The first-order valence-electron chi connectivity index (χ1n) is 1.74. The molecule has 0 fully saturated rings. The van der Waals surface area contributed by atoms with Gasteiger partial charge in [-0.3, -0.25) is 5.43 Å². The molecule has 1 heterocycles. The van der Waals surface area contributed by atoms with E-state index in [-0.39, 0.29) is 0 Å². The average Bonchev–Trinajstić information content (AvgIpc) is 1.86. The summed E-state index contributed by atoms with van der Waals surface area (Å²) in [6, 6.07) is 0. The van der Waals surface area contributed by atoms with Gasteiger partial charge in [0.15, 0.2) is 0 Å². The number of rotatable bonds is 0. The Kier molecular flexibility index (Phi) is 0.686. The molecule has 0 amide bonds. The van der Waals surface area contributed by atoms with Gasteiger partial charge in [0.05, 0.1) is 6.20 Å². The maximum Gasteiger partial charge on any atom is 0.140 e. The fourth-order valence-corrected chi connectivity index (χ4v) is 0.271. The summed E-state index contributed by atoms with van der Waals surface area (Å²) in [6.45, 7) is 1.85. The lowest BCUT2D eigenvalue weighted by atomic mass is 10.6. The van der Waals surface area contributed by atoms with Crippen LogP contribution >= 0.6 is 0 Å². The Balaban J connectivity index is 2.45. The first-order valence-corrected chi connectivity index (χ1v) is 1.74. The highest BCUT2D eigenvalue weighted by molar-refractivity contribution is 4.86. The molecule has 1 rings (SSSR count). The van der Waals surface area contributed by atoms with E-state index in [4.69, 9.17) is 0 Å². The van der Waals surface area contributed by atoms with Crippen LogP contribution in [0.3, 0.4) is 0 Å². The van der Waals surface area contributed by atoms with Crippen LogP contribution in [0.5, 0.6) is 0 Å². The van der Waals surface area contributed by atoms with Crippen LogP contribution in [-0.4, -0.2) is 0 Å². The third-order valence-corrected chi connectivity index (χ3v) is 0.546. The van der Waals surface area contributed by atoms with Crippen molar-refractivity contribution >= 4 is 0 Å². The number of hydrogen-bond donors (Lipinski definition) is 2. The van der Waals surface area contributed by atoms with Gasteiger partial charge in [-0.2, -0.15) is 0 Å². The van der Waals surface area contributed by atoms with Crippen molar-refractivity contribution in [2.24, 2.45) is 0 Å². The Morgan fingerprint density at radius 1 is 1.83 bits per heavy atom. The summed E-state index contributed by atoms with van der Waals surface area (Å²) in [4.78, 5) is 4.65. The van der Waals surface area contributed by atoms with Crippen molar-refractivity contribution in [3.63, 3.8) is 0 Å². The molecule has 0 unspecified atom stereocenters. The van der Waals surface area contributed by atoms with Crippen LogP contribution in [0.15, 0.2) is 12.0 Å². The first-order chi connectivity index (χ1) is 2.89. The number of nitrogens with one attached hydrogen (secondary N) is 2. The molecule has 1 aliphatic rings. The normalized spacial score (nSPS) is 18.5.